The van der Waals surface area contributed by atoms with Crippen molar-refractivity contribution >= 4 is 17.8 Å². The fourth-order valence-corrected chi connectivity index (χ4v) is 5.00. The molecule has 4 rings (SSSR count). The van der Waals surface area contributed by atoms with Gasteiger partial charge in [-0.1, -0.05) is 49.4 Å². The third-order valence-electron chi connectivity index (χ3n) is 6.74. The molecule has 0 bridgehead atoms. The van der Waals surface area contributed by atoms with Crippen LogP contribution in [0, 0.1) is 5.82 Å². The van der Waals surface area contributed by atoms with Crippen molar-refractivity contribution in [2.24, 2.45) is 0 Å². The van der Waals surface area contributed by atoms with Gasteiger partial charge in [0.25, 0.3) is 5.91 Å². The fourth-order valence-electron chi connectivity index (χ4n) is 5.00. The normalized spacial score (nSPS) is 24.0. The second-order valence-electron chi connectivity index (χ2n) is 8.68. The Hall–Kier alpha value is -3.22. The number of rotatable bonds is 6. The number of carbonyl (C=O) groups excluding carboxylic acids is 3. The number of urea groups is 1. The number of carbonyl (C=O) groups is 3. The minimum atomic E-state index is -1.33. The van der Waals surface area contributed by atoms with Crippen molar-refractivity contribution in [1.82, 2.24) is 15.1 Å². The van der Waals surface area contributed by atoms with E-state index in [1.54, 1.807) is 6.92 Å². The predicted octanol–water partition coefficient (Wildman–Crippen LogP) is 3.78. The van der Waals surface area contributed by atoms with Crippen LogP contribution >= 0.6 is 0 Å². The quantitative estimate of drug-likeness (QED) is 0.700. The van der Waals surface area contributed by atoms with E-state index in [1.807, 2.05) is 23.1 Å². The van der Waals surface area contributed by atoms with Crippen molar-refractivity contribution in [3.8, 4) is 0 Å². The Bertz CT molecular complexity index is 1010. The number of imide groups is 1. The van der Waals surface area contributed by atoms with Crippen molar-refractivity contribution < 1.29 is 18.8 Å². The summed E-state index contributed by atoms with van der Waals surface area (Å²) in [5, 5.41) is 2.68. The average molecular weight is 438 g/mol. The summed E-state index contributed by atoms with van der Waals surface area (Å²) in [6.45, 7) is 4.01. The van der Waals surface area contributed by atoms with Crippen LogP contribution in [0.1, 0.15) is 50.2 Å². The largest absolute Gasteiger partial charge is 0.338 e. The van der Waals surface area contributed by atoms with Crippen molar-refractivity contribution in [2.45, 2.75) is 50.6 Å². The Balaban J connectivity index is 1.51. The molecule has 6 nitrogen and oxygen atoms in total. The summed E-state index contributed by atoms with van der Waals surface area (Å²) < 4.78 is 13.3. The van der Waals surface area contributed by atoms with Gasteiger partial charge in [-0.3, -0.25) is 14.5 Å². The molecule has 168 valence electrons. The van der Waals surface area contributed by atoms with E-state index in [1.165, 1.54) is 29.8 Å². The zero-order valence-electron chi connectivity index (χ0n) is 18.4. The Morgan fingerprint density at radius 3 is 2.50 bits per heavy atom. The van der Waals surface area contributed by atoms with Gasteiger partial charge in [-0.2, -0.15) is 0 Å². The third kappa shape index (κ3) is 3.87. The summed E-state index contributed by atoms with van der Waals surface area (Å²) in [5.74, 6) is -0.956. The molecule has 2 saturated heterocycles. The molecule has 0 saturated carbocycles. The second-order valence-corrected chi connectivity index (χ2v) is 8.68. The Kier molecular flexibility index (Phi) is 6.00. The smallest absolute Gasteiger partial charge is 0.325 e. The van der Waals surface area contributed by atoms with E-state index in [0.717, 1.165) is 24.2 Å². The summed E-state index contributed by atoms with van der Waals surface area (Å²) in [5.41, 5.74) is 0.339. The third-order valence-corrected chi connectivity index (χ3v) is 6.74. The number of hydrogen-bond donors (Lipinski definition) is 1. The van der Waals surface area contributed by atoms with Gasteiger partial charge in [-0.15, -0.1) is 0 Å². The zero-order valence-corrected chi connectivity index (χ0v) is 18.4. The van der Waals surface area contributed by atoms with E-state index in [2.05, 4.69) is 24.4 Å². The highest BCUT2D eigenvalue weighted by molar-refractivity contribution is 6.09. The SMILES string of the molecule is CCC(c1ccccc1)C1CCCN1C(=O)CN1C(=O)NC(C)(c2ccc(F)cc2)C1=O. The van der Waals surface area contributed by atoms with Crippen LogP contribution in [-0.4, -0.2) is 46.8 Å². The molecule has 1 N–H and O–H groups in total. The van der Waals surface area contributed by atoms with Gasteiger partial charge in [0, 0.05) is 18.5 Å². The number of likely N-dealkylation sites (tertiary alicyclic amines) is 1. The maximum absolute atomic E-state index is 13.3. The van der Waals surface area contributed by atoms with Crippen LogP contribution in [0.25, 0.3) is 0 Å². The molecule has 4 amide bonds. The van der Waals surface area contributed by atoms with Gasteiger partial charge in [0.2, 0.25) is 5.91 Å². The van der Waals surface area contributed by atoms with E-state index in [-0.39, 0.29) is 24.4 Å². The average Bonchev–Trinajstić information content (AvgIpc) is 3.35. The minimum Gasteiger partial charge on any atom is -0.338 e. The number of nitrogens with zero attached hydrogens (tertiary/aromatic N) is 2. The molecule has 2 aliphatic heterocycles. The molecular formula is C25H28FN3O3. The molecule has 32 heavy (non-hydrogen) atoms. The molecule has 7 heteroatoms. The van der Waals surface area contributed by atoms with Crippen LogP contribution in [0.15, 0.2) is 54.6 Å². The maximum Gasteiger partial charge on any atom is 0.325 e. The molecule has 2 aromatic rings. The van der Waals surface area contributed by atoms with E-state index in [0.29, 0.717) is 12.1 Å². The van der Waals surface area contributed by atoms with Gasteiger partial charge in [0.1, 0.15) is 17.9 Å². The number of hydrogen-bond acceptors (Lipinski definition) is 3. The molecule has 2 fully saturated rings. The second kappa shape index (κ2) is 8.73. The van der Waals surface area contributed by atoms with Gasteiger partial charge in [-0.05, 0) is 49.4 Å². The Labute approximate surface area is 187 Å². The molecule has 0 aromatic heterocycles. The van der Waals surface area contributed by atoms with Gasteiger partial charge >= 0.3 is 6.03 Å². The highest BCUT2D eigenvalue weighted by Crippen LogP contribution is 2.34. The summed E-state index contributed by atoms with van der Waals surface area (Å²) >= 11 is 0. The molecule has 0 spiro atoms. The highest BCUT2D eigenvalue weighted by atomic mass is 19.1. The number of amides is 4. The lowest BCUT2D eigenvalue weighted by Gasteiger charge is -2.32. The molecule has 2 heterocycles. The topological polar surface area (TPSA) is 69.7 Å². The van der Waals surface area contributed by atoms with E-state index in [9.17, 15) is 18.8 Å². The highest BCUT2D eigenvalue weighted by Gasteiger charge is 2.50. The standard InChI is InChI=1S/C25H28FN3O3/c1-3-20(17-8-5-4-6-9-17)21-10-7-15-28(21)22(30)16-29-23(31)25(2,27-24(29)32)18-11-13-19(26)14-12-18/h4-6,8-9,11-14,20-21H,3,7,10,15-16H2,1-2H3,(H,27,32). The summed E-state index contributed by atoms with van der Waals surface area (Å²) in [7, 11) is 0. The van der Waals surface area contributed by atoms with Crippen LogP contribution < -0.4 is 5.32 Å². The molecule has 2 aromatic carbocycles. The first-order valence-electron chi connectivity index (χ1n) is 11.1. The number of halogens is 1. The molecule has 0 radical (unpaired) electrons. The molecular weight excluding hydrogens is 409 g/mol. The summed E-state index contributed by atoms with van der Waals surface area (Å²) in [4.78, 5) is 41.8. The van der Waals surface area contributed by atoms with Gasteiger partial charge in [-0.25, -0.2) is 9.18 Å². The lowest BCUT2D eigenvalue weighted by Crippen LogP contribution is -2.47. The van der Waals surface area contributed by atoms with Crippen LogP contribution in [0.5, 0.6) is 0 Å². The molecule has 3 atom stereocenters. The van der Waals surface area contributed by atoms with E-state index in [4.69, 9.17) is 0 Å². The lowest BCUT2D eigenvalue weighted by atomic mass is 9.87. The van der Waals surface area contributed by atoms with Crippen LogP contribution in [0.2, 0.25) is 0 Å². The predicted molar refractivity (Wildman–Crippen MR) is 118 cm³/mol. The van der Waals surface area contributed by atoms with E-state index >= 15 is 0 Å². The molecule has 3 unspecified atom stereocenters. The van der Waals surface area contributed by atoms with Gasteiger partial charge in [0.15, 0.2) is 0 Å². The lowest BCUT2D eigenvalue weighted by molar-refractivity contribution is -0.139. The van der Waals surface area contributed by atoms with Crippen molar-refractivity contribution in [3.63, 3.8) is 0 Å². The fraction of sp³-hybridized carbons (Fsp3) is 0.400. The first-order valence-corrected chi connectivity index (χ1v) is 11.1. The van der Waals surface area contributed by atoms with Crippen molar-refractivity contribution in [2.75, 3.05) is 13.1 Å². The molecule has 2 aliphatic rings. The Morgan fingerprint density at radius 1 is 1.16 bits per heavy atom. The zero-order chi connectivity index (χ0) is 22.9. The maximum atomic E-state index is 13.3. The first kappa shape index (κ1) is 22.0. The first-order chi connectivity index (χ1) is 15.3. The van der Waals surface area contributed by atoms with Gasteiger partial charge in [0.05, 0.1) is 0 Å². The van der Waals surface area contributed by atoms with Crippen LogP contribution in [0.4, 0.5) is 9.18 Å². The van der Waals surface area contributed by atoms with Gasteiger partial charge < -0.3 is 10.2 Å². The number of benzene rings is 2. The number of nitrogens with one attached hydrogen (secondary N) is 1. The summed E-state index contributed by atoms with van der Waals surface area (Å²) in [6.07, 6.45) is 2.68. The van der Waals surface area contributed by atoms with Crippen LogP contribution in [-0.2, 0) is 15.1 Å². The Morgan fingerprint density at radius 2 is 1.84 bits per heavy atom. The van der Waals surface area contributed by atoms with Crippen molar-refractivity contribution in [1.29, 1.82) is 0 Å². The van der Waals surface area contributed by atoms with Crippen molar-refractivity contribution in [3.05, 3.63) is 71.5 Å². The van der Waals surface area contributed by atoms with E-state index < -0.39 is 23.3 Å². The molecule has 0 aliphatic carbocycles. The monoisotopic (exact) mass is 437 g/mol. The summed E-state index contributed by atoms with van der Waals surface area (Å²) in [6, 6.07) is 15.0. The van der Waals surface area contributed by atoms with Crippen LogP contribution in [0.3, 0.4) is 0 Å². The minimum absolute atomic E-state index is 0.0409.